The van der Waals surface area contributed by atoms with Gasteiger partial charge in [0.05, 0.1) is 23.4 Å². The van der Waals surface area contributed by atoms with Crippen LogP contribution in [0.4, 0.5) is 5.82 Å². The average Bonchev–Trinajstić information content (AvgIpc) is 3.38. The van der Waals surface area contributed by atoms with Gasteiger partial charge in [0.25, 0.3) is 0 Å². The van der Waals surface area contributed by atoms with Crippen molar-refractivity contribution in [1.29, 1.82) is 0 Å². The minimum atomic E-state index is -0.400. The molecule has 0 aliphatic rings. The van der Waals surface area contributed by atoms with Crippen LogP contribution in [0.15, 0.2) is 53.6 Å². The summed E-state index contributed by atoms with van der Waals surface area (Å²) in [5, 5.41) is 8.95. The molecule has 29 heavy (non-hydrogen) atoms. The molecule has 0 bridgehead atoms. The monoisotopic (exact) mass is 413 g/mol. The molecule has 0 saturated carbocycles. The highest BCUT2D eigenvalue weighted by atomic mass is 32.2. The third-order valence-electron chi connectivity index (χ3n) is 4.29. The normalized spacial score (nSPS) is 12.9. The lowest BCUT2D eigenvalue weighted by molar-refractivity contribution is -0.119. The van der Waals surface area contributed by atoms with E-state index in [9.17, 15) is 9.59 Å². The molecule has 2 atom stereocenters. The zero-order chi connectivity index (χ0) is 20.8. The Kier molecular flexibility index (Phi) is 6.71. The molecule has 3 rings (SSSR count). The van der Waals surface area contributed by atoms with Gasteiger partial charge in [-0.25, -0.2) is 4.98 Å². The zero-order valence-electron chi connectivity index (χ0n) is 16.5. The Morgan fingerprint density at radius 3 is 2.62 bits per heavy atom. The molecule has 9 heteroatoms. The average molecular weight is 414 g/mol. The third kappa shape index (κ3) is 5.71. The second-order valence-corrected chi connectivity index (χ2v) is 7.95. The van der Waals surface area contributed by atoms with Crippen LogP contribution in [0.25, 0.3) is 5.69 Å². The fourth-order valence-electron chi connectivity index (χ4n) is 2.64. The number of hydrogen-bond acceptors (Lipinski definition) is 6. The zero-order valence-corrected chi connectivity index (χ0v) is 17.3. The molecule has 0 fully saturated rings. The molecule has 2 aromatic heterocycles. The minimum absolute atomic E-state index is 0.127. The molecular weight excluding hydrogens is 390 g/mol. The van der Waals surface area contributed by atoms with Crippen LogP contribution in [0.1, 0.15) is 31.2 Å². The van der Waals surface area contributed by atoms with Gasteiger partial charge in [-0.2, -0.15) is 0 Å². The molecule has 0 aliphatic carbocycles. The molecule has 1 aromatic carbocycles. The first-order valence-corrected chi connectivity index (χ1v) is 10.2. The van der Waals surface area contributed by atoms with Crippen molar-refractivity contribution in [3.05, 3.63) is 60.4 Å². The van der Waals surface area contributed by atoms with Crippen molar-refractivity contribution in [3.63, 3.8) is 0 Å². The summed E-state index contributed by atoms with van der Waals surface area (Å²) < 4.78 is 6.83. The van der Waals surface area contributed by atoms with Crippen LogP contribution in [-0.2, 0) is 9.59 Å². The Morgan fingerprint density at radius 2 is 2.00 bits per heavy atom. The fourth-order valence-corrected chi connectivity index (χ4v) is 3.34. The number of aromatic nitrogens is 3. The first-order valence-electron chi connectivity index (χ1n) is 9.16. The van der Waals surface area contributed by atoms with Crippen LogP contribution in [0.3, 0.4) is 0 Å². The molecule has 152 valence electrons. The highest BCUT2D eigenvalue weighted by Gasteiger charge is 2.18. The van der Waals surface area contributed by atoms with Gasteiger partial charge in [-0.3, -0.25) is 9.59 Å². The van der Waals surface area contributed by atoms with Crippen LogP contribution in [0.5, 0.6) is 0 Å². The van der Waals surface area contributed by atoms with E-state index < -0.39 is 5.25 Å². The van der Waals surface area contributed by atoms with E-state index in [2.05, 4.69) is 20.8 Å². The molecule has 8 nitrogen and oxygen atoms in total. The van der Waals surface area contributed by atoms with E-state index in [1.165, 1.54) is 11.8 Å². The van der Waals surface area contributed by atoms with Crippen LogP contribution in [0.2, 0.25) is 0 Å². The molecule has 2 heterocycles. The Labute approximate surface area is 173 Å². The number of carbonyl (C=O) groups is 2. The standard InChI is InChI=1S/C20H23N5O3S/c1-13-10-18(24-28-13)23-20(27)15(3)29-11-19(26)22-14(2)16-4-6-17(7-5-16)25-9-8-21-12-25/h4-10,12,14-15H,11H2,1-3H3,(H,22,26)(H,23,24,27)/t14-,15-/m0/s1. The van der Waals surface area contributed by atoms with Gasteiger partial charge in [0.1, 0.15) is 5.76 Å². The van der Waals surface area contributed by atoms with Crippen molar-refractivity contribution >= 4 is 29.4 Å². The van der Waals surface area contributed by atoms with Crippen molar-refractivity contribution in [3.8, 4) is 5.69 Å². The van der Waals surface area contributed by atoms with E-state index in [-0.39, 0.29) is 23.6 Å². The lowest BCUT2D eigenvalue weighted by atomic mass is 10.1. The highest BCUT2D eigenvalue weighted by molar-refractivity contribution is 8.01. The van der Waals surface area contributed by atoms with Crippen LogP contribution >= 0.6 is 11.8 Å². The van der Waals surface area contributed by atoms with Crippen molar-refractivity contribution in [2.75, 3.05) is 11.1 Å². The van der Waals surface area contributed by atoms with Gasteiger partial charge in [0, 0.05) is 24.1 Å². The number of rotatable bonds is 8. The number of carbonyl (C=O) groups excluding carboxylic acids is 2. The first-order chi connectivity index (χ1) is 13.9. The summed E-state index contributed by atoms with van der Waals surface area (Å²) >= 11 is 1.26. The second kappa shape index (κ2) is 9.42. The van der Waals surface area contributed by atoms with Gasteiger partial charge in [-0.05, 0) is 38.5 Å². The van der Waals surface area contributed by atoms with E-state index in [4.69, 9.17) is 4.52 Å². The summed E-state index contributed by atoms with van der Waals surface area (Å²) in [6, 6.07) is 9.41. The van der Waals surface area contributed by atoms with Gasteiger partial charge in [0.2, 0.25) is 11.8 Å². The van der Waals surface area contributed by atoms with Crippen LogP contribution in [-0.4, -0.2) is 37.5 Å². The molecule has 2 amide bonds. The SMILES string of the molecule is Cc1cc(NC(=O)[C@H](C)SCC(=O)N[C@@H](C)c2ccc(-n3ccnc3)cc2)no1. The summed E-state index contributed by atoms with van der Waals surface area (Å²) in [4.78, 5) is 28.5. The maximum Gasteiger partial charge on any atom is 0.238 e. The summed E-state index contributed by atoms with van der Waals surface area (Å²) in [5.41, 5.74) is 2.00. The topological polar surface area (TPSA) is 102 Å². The quantitative estimate of drug-likeness (QED) is 0.588. The third-order valence-corrected chi connectivity index (χ3v) is 5.43. The number of benzene rings is 1. The summed E-state index contributed by atoms with van der Waals surface area (Å²) in [6.45, 7) is 5.42. The summed E-state index contributed by atoms with van der Waals surface area (Å²) in [5.74, 6) is 0.825. The second-order valence-electron chi connectivity index (χ2n) is 6.62. The molecule has 0 radical (unpaired) electrons. The predicted molar refractivity (Wildman–Crippen MR) is 112 cm³/mol. The number of imidazole rings is 1. The summed E-state index contributed by atoms with van der Waals surface area (Å²) in [7, 11) is 0. The smallest absolute Gasteiger partial charge is 0.238 e. The fraction of sp³-hybridized carbons (Fsp3) is 0.300. The van der Waals surface area contributed by atoms with E-state index in [0.29, 0.717) is 11.6 Å². The van der Waals surface area contributed by atoms with Gasteiger partial charge < -0.3 is 19.7 Å². The Bertz CT molecular complexity index is 953. The van der Waals surface area contributed by atoms with Crippen molar-refractivity contribution in [2.24, 2.45) is 0 Å². The minimum Gasteiger partial charge on any atom is -0.360 e. The molecule has 0 aliphatic heterocycles. The van der Waals surface area contributed by atoms with Gasteiger partial charge in [-0.15, -0.1) is 11.8 Å². The number of nitrogens with one attached hydrogen (secondary N) is 2. The Morgan fingerprint density at radius 1 is 1.24 bits per heavy atom. The molecule has 0 saturated heterocycles. The number of anilines is 1. The number of amides is 2. The number of thioether (sulfide) groups is 1. The highest BCUT2D eigenvalue weighted by Crippen LogP contribution is 2.17. The number of hydrogen-bond donors (Lipinski definition) is 2. The van der Waals surface area contributed by atoms with E-state index in [0.717, 1.165) is 11.3 Å². The number of nitrogens with zero attached hydrogens (tertiary/aromatic N) is 3. The lowest BCUT2D eigenvalue weighted by Gasteiger charge is -2.16. The maximum absolute atomic E-state index is 12.3. The molecule has 0 spiro atoms. The van der Waals surface area contributed by atoms with E-state index in [1.807, 2.05) is 42.0 Å². The van der Waals surface area contributed by atoms with Gasteiger partial charge in [-0.1, -0.05) is 17.3 Å². The summed E-state index contributed by atoms with van der Waals surface area (Å²) in [6.07, 6.45) is 5.33. The molecular formula is C20H23N5O3S. The van der Waals surface area contributed by atoms with Crippen molar-refractivity contribution in [2.45, 2.75) is 32.1 Å². The predicted octanol–water partition coefficient (Wildman–Crippen LogP) is 3.11. The van der Waals surface area contributed by atoms with Gasteiger partial charge in [0.15, 0.2) is 5.82 Å². The number of aryl methyl sites for hydroxylation is 1. The van der Waals surface area contributed by atoms with Crippen LogP contribution in [0, 0.1) is 6.92 Å². The molecule has 2 N–H and O–H groups in total. The maximum atomic E-state index is 12.3. The molecule has 0 unspecified atom stereocenters. The van der Waals surface area contributed by atoms with E-state index >= 15 is 0 Å². The lowest BCUT2D eigenvalue weighted by Crippen LogP contribution is -2.30. The van der Waals surface area contributed by atoms with Gasteiger partial charge >= 0.3 is 0 Å². The first kappa shape index (κ1) is 20.7. The Balaban J connectivity index is 1.45. The largest absolute Gasteiger partial charge is 0.360 e. The molecule has 3 aromatic rings. The Hall–Kier alpha value is -3.07. The van der Waals surface area contributed by atoms with Crippen molar-refractivity contribution < 1.29 is 14.1 Å². The van der Waals surface area contributed by atoms with Crippen LogP contribution < -0.4 is 10.6 Å². The van der Waals surface area contributed by atoms with Crippen molar-refractivity contribution in [1.82, 2.24) is 20.0 Å². The van der Waals surface area contributed by atoms with E-state index in [1.54, 1.807) is 32.4 Å².